The molecule has 2 aromatic rings. The molecule has 0 atom stereocenters. The van der Waals surface area contributed by atoms with E-state index in [1.165, 1.54) is 0 Å². The summed E-state index contributed by atoms with van der Waals surface area (Å²) in [5, 5.41) is 3.69. The second kappa shape index (κ2) is 3.40. The molecule has 0 aliphatic rings. The van der Waals surface area contributed by atoms with Crippen molar-refractivity contribution in [2.24, 2.45) is 0 Å². The zero-order valence-electron chi connectivity index (χ0n) is 7.55. The van der Waals surface area contributed by atoms with E-state index < -0.39 is 34.5 Å². The average molecular weight is 231 g/mol. The molecule has 0 aliphatic carbocycles. The largest absolute Gasteiger partial charge is 0.349 e. The predicted molar refractivity (Wildman–Crippen MR) is 46.9 cm³/mol. The van der Waals surface area contributed by atoms with Gasteiger partial charge >= 0.3 is 11.4 Å². The highest BCUT2D eigenvalue weighted by atomic mass is 19.1. The molecule has 0 fully saturated rings. The van der Waals surface area contributed by atoms with Crippen LogP contribution in [0.4, 0.5) is 13.2 Å². The molecule has 1 aromatic heterocycles. The number of rotatable bonds is 1. The zero-order valence-corrected chi connectivity index (χ0v) is 7.55. The van der Waals surface area contributed by atoms with Crippen LogP contribution in [-0.4, -0.2) is 14.8 Å². The predicted octanol–water partition coefficient (Wildman–Crippen LogP) is 0.271. The van der Waals surface area contributed by atoms with E-state index >= 15 is 0 Å². The van der Waals surface area contributed by atoms with Crippen LogP contribution >= 0.6 is 0 Å². The van der Waals surface area contributed by atoms with Gasteiger partial charge in [0.15, 0.2) is 11.6 Å². The Hall–Kier alpha value is -2.25. The Labute approximate surface area is 85.1 Å². The molecule has 0 bridgehead atoms. The van der Waals surface area contributed by atoms with Gasteiger partial charge in [0.05, 0.1) is 0 Å². The monoisotopic (exact) mass is 231 g/mol. The summed E-state index contributed by atoms with van der Waals surface area (Å²) in [4.78, 5) is 22.2. The Morgan fingerprint density at radius 1 is 0.938 bits per heavy atom. The van der Waals surface area contributed by atoms with Gasteiger partial charge in [-0.05, 0) is 0 Å². The summed E-state index contributed by atoms with van der Waals surface area (Å²) in [6.07, 6.45) is 0. The van der Waals surface area contributed by atoms with Crippen LogP contribution < -0.4 is 11.4 Å². The lowest BCUT2D eigenvalue weighted by atomic mass is 10.3. The maximum atomic E-state index is 13.2. The van der Waals surface area contributed by atoms with Gasteiger partial charge in [0.2, 0.25) is 0 Å². The first-order valence-electron chi connectivity index (χ1n) is 4.05. The molecule has 1 heterocycles. The van der Waals surface area contributed by atoms with E-state index in [-0.39, 0.29) is 4.57 Å². The number of aromatic amines is 2. The van der Waals surface area contributed by atoms with E-state index in [1.54, 1.807) is 0 Å². The third kappa shape index (κ3) is 1.44. The quantitative estimate of drug-likeness (QED) is 0.739. The second-order valence-electron chi connectivity index (χ2n) is 2.91. The maximum Gasteiger partial charge on any atom is 0.349 e. The maximum absolute atomic E-state index is 13.2. The number of nitrogens with zero attached hydrogens (tertiary/aromatic N) is 1. The molecule has 0 aliphatic heterocycles. The number of hydrogen-bond donors (Lipinski definition) is 2. The van der Waals surface area contributed by atoms with E-state index in [4.69, 9.17) is 0 Å². The summed E-state index contributed by atoms with van der Waals surface area (Å²) in [5.74, 6) is -3.83. The summed E-state index contributed by atoms with van der Waals surface area (Å²) in [7, 11) is 0. The van der Waals surface area contributed by atoms with Crippen molar-refractivity contribution in [1.82, 2.24) is 14.8 Å². The van der Waals surface area contributed by atoms with E-state index in [0.29, 0.717) is 12.1 Å². The van der Waals surface area contributed by atoms with Crippen LogP contribution in [0.1, 0.15) is 0 Å². The zero-order chi connectivity index (χ0) is 11.9. The van der Waals surface area contributed by atoms with E-state index in [1.807, 2.05) is 10.2 Å². The highest BCUT2D eigenvalue weighted by molar-refractivity contribution is 5.35. The van der Waals surface area contributed by atoms with Gasteiger partial charge in [0, 0.05) is 12.1 Å². The lowest BCUT2D eigenvalue weighted by molar-refractivity contribution is 0.531. The third-order valence-electron chi connectivity index (χ3n) is 1.89. The molecule has 0 unspecified atom stereocenters. The molecule has 2 N–H and O–H groups in total. The lowest BCUT2D eigenvalue weighted by Gasteiger charge is -2.02. The molecule has 84 valence electrons. The SMILES string of the molecule is O=c1[nH][nH]c(=O)n1-c1c(F)cc(F)cc1F. The first-order chi connectivity index (χ1) is 7.50. The van der Waals surface area contributed by atoms with E-state index in [9.17, 15) is 22.8 Å². The summed E-state index contributed by atoms with van der Waals surface area (Å²) >= 11 is 0. The minimum Gasteiger partial charge on any atom is -0.247 e. The van der Waals surface area contributed by atoms with Gasteiger partial charge in [0.1, 0.15) is 11.5 Å². The van der Waals surface area contributed by atoms with Crippen molar-refractivity contribution in [3.8, 4) is 5.69 Å². The molecule has 0 amide bonds. The van der Waals surface area contributed by atoms with Crippen molar-refractivity contribution < 1.29 is 13.2 Å². The molecule has 2 rings (SSSR count). The van der Waals surface area contributed by atoms with Crippen molar-refractivity contribution in [2.75, 3.05) is 0 Å². The first kappa shape index (κ1) is 10.3. The van der Waals surface area contributed by atoms with Crippen LogP contribution in [-0.2, 0) is 0 Å². The fourth-order valence-electron chi connectivity index (χ4n) is 1.26. The van der Waals surface area contributed by atoms with Gasteiger partial charge < -0.3 is 0 Å². The minimum absolute atomic E-state index is 0.199. The standard InChI is InChI=1S/C8H4F3N3O2/c9-3-1-4(10)6(5(11)2-3)14-7(15)12-13-8(14)16/h1-2H,(H,12,15)(H,13,16). The topological polar surface area (TPSA) is 70.7 Å². The Morgan fingerprint density at radius 2 is 1.38 bits per heavy atom. The van der Waals surface area contributed by atoms with Crippen LogP contribution in [0.25, 0.3) is 5.69 Å². The van der Waals surface area contributed by atoms with Gasteiger partial charge in [-0.15, -0.1) is 0 Å². The third-order valence-corrected chi connectivity index (χ3v) is 1.89. The van der Waals surface area contributed by atoms with Crippen LogP contribution in [0.3, 0.4) is 0 Å². The molecule has 5 nitrogen and oxygen atoms in total. The Kier molecular flexibility index (Phi) is 2.18. The summed E-state index contributed by atoms with van der Waals surface area (Å²) in [6, 6.07) is 0.745. The molecule has 16 heavy (non-hydrogen) atoms. The number of nitrogens with one attached hydrogen (secondary N) is 2. The summed E-state index contributed by atoms with van der Waals surface area (Å²) in [6.45, 7) is 0. The highest BCUT2D eigenvalue weighted by Gasteiger charge is 2.17. The highest BCUT2D eigenvalue weighted by Crippen LogP contribution is 2.16. The summed E-state index contributed by atoms with van der Waals surface area (Å²) < 4.78 is 39.2. The Bertz CT molecular complexity index is 605. The molecule has 8 heteroatoms. The smallest absolute Gasteiger partial charge is 0.247 e. The van der Waals surface area contributed by atoms with Crippen LogP contribution in [0.15, 0.2) is 21.7 Å². The molecular weight excluding hydrogens is 227 g/mol. The van der Waals surface area contributed by atoms with Crippen LogP contribution in [0.5, 0.6) is 0 Å². The minimum atomic E-state index is -1.34. The van der Waals surface area contributed by atoms with Gasteiger partial charge in [-0.2, -0.15) is 0 Å². The summed E-state index contributed by atoms with van der Waals surface area (Å²) in [5.41, 5.74) is -3.02. The van der Waals surface area contributed by atoms with Crippen LogP contribution in [0.2, 0.25) is 0 Å². The Morgan fingerprint density at radius 3 is 1.81 bits per heavy atom. The average Bonchev–Trinajstić information content (AvgIpc) is 2.47. The van der Waals surface area contributed by atoms with Gasteiger partial charge in [-0.3, -0.25) is 0 Å². The van der Waals surface area contributed by atoms with Gasteiger partial charge in [0.25, 0.3) is 0 Å². The normalized spacial score (nSPS) is 10.7. The number of aromatic nitrogens is 3. The Balaban J connectivity index is 2.85. The molecule has 1 aromatic carbocycles. The molecule has 0 spiro atoms. The van der Waals surface area contributed by atoms with Gasteiger partial charge in [-0.1, -0.05) is 0 Å². The molecule has 0 saturated heterocycles. The number of hydrogen-bond acceptors (Lipinski definition) is 2. The number of halogens is 3. The number of benzene rings is 1. The van der Waals surface area contributed by atoms with Crippen molar-refractivity contribution in [1.29, 1.82) is 0 Å². The van der Waals surface area contributed by atoms with E-state index in [2.05, 4.69) is 0 Å². The van der Waals surface area contributed by atoms with Gasteiger partial charge in [-0.25, -0.2) is 37.5 Å². The lowest BCUT2D eigenvalue weighted by Crippen LogP contribution is -2.26. The van der Waals surface area contributed by atoms with Crippen molar-refractivity contribution in [2.45, 2.75) is 0 Å². The number of H-pyrrole nitrogens is 2. The van der Waals surface area contributed by atoms with Crippen LogP contribution in [0, 0.1) is 17.5 Å². The fraction of sp³-hybridized carbons (Fsp3) is 0. The molecule has 0 radical (unpaired) electrons. The molecule has 0 saturated carbocycles. The fourth-order valence-corrected chi connectivity index (χ4v) is 1.26. The van der Waals surface area contributed by atoms with Crippen molar-refractivity contribution in [3.63, 3.8) is 0 Å². The second-order valence-corrected chi connectivity index (χ2v) is 2.91. The first-order valence-corrected chi connectivity index (χ1v) is 4.05. The molecular formula is C8H4F3N3O2. The van der Waals surface area contributed by atoms with E-state index in [0.717, 1.165) is 0 Å². The van der Waals surface area contributed by atoms with Crippen molar-refractivity contribution >= 4 is 0 Å². The van der Waals surface area contributed by atoms with Crippen molar-refractivity contribution in [3.05, 3.63) is 50.6 Å².